The number of anilines is 1. The molecule has 0 bridgehead atoms. The summed E-state index contributed by atoms with van der Waals surface area (Å²) in [6, 6.07) is 1.50. The number of aromatic nitrogens is 2. The van der Waals surface area contributed by atoms with E-state index in [0.29, 0.717) is 5.82 Å². The van der Waals surface area contributed by atoms with E-state index in [1.165, 1.54) is 12.5 Å². The van der Waals surface area contributed by atoms with Crippen LogP contribution in [-0.2, 0) is 6.42 Å². The molecule has 0 aliphatic carbocycles. The molecule has 0 aliphatic rings. The highest BCUT2D eigenvalue weighted by Gasteiger charge is 1.98. The van der Waals surface area contributed by atoms with Crippen LogP contribution in [0.2, 0.25) is 0 Å². The first-order valence-electron chi connectivity index (χ1n) is 6.30. The largest absolute Gasteiger partial charge is 0.370 e. The van der Waals surface area contributed by atoms with E-state index in [1.54, 1.807) is 0 Å². The maximum atomic E-state index is 11.3. The Labute approximate surface area is 102 Å². The van der Waals surface area contributed by atoms with Crippen molar-refractivity contribution in [2.24, 2.45) is 5.73 Å². The third-order valence-corrected chi connectivity index (χ3v) is 2.56. The predicted octanol–water partition coefficient (Wildman–Crippen LogP) is 1.26. The van der Waals surface area contributed by atoms with Gasteiger partial charge in [0.1, 0.15) is 11.6 Å². The Hall–Kier alpha value is -1.36. The molecule has 96 valence electrons. The van der Waals surface area contributed by atoms with Crippen molar-refractivity contribution in [2.45, 2.75) is 39.0 Å². The van der Waals surface area contributed by atoms with Crippen LogP contribution in [0.5, 0.6) is 0 Å². The standard InChI is InChI=1S/C12H22N4O/c1-2-10-15-11(9-12(17)16-10)14-8-6-4-3-5-7-13/h9H,2-8,13H2,1H3,(H2,14,15,16,17). The maximum absolute atomic E-state index is 11.3. The number of aryl methyl sites for hydroxylation is 1. The summed E-state index contributed by atoms with van der Waals surface area (Å²) < 4.78 is 0. The molecule has 0 aromatic carbocycles. The molecule has 0 fully saturated rings. The molecule has 1 rings (SSSR count). The van der Waals surface area contributed by atoms with Gasteiger partial charge in [0, 0.05) is 19.0 Å². The summed E-state index contributed by atoms with van der Waals surface area (Å²) in [5, 5.41) is 3.17. The van der Waals surface area contributed by atoms with Crippen LogP contribution in [-0.4, -0.2) is 23.1 Å². The van der Waals surface area contributed by atoms with Crippen LogP contribution in [0.1, 0.15) is 38.4 Å². The van der Waals surface area contributed by atoms with E-state index in [0.717, 1.165) is 44.6 Å². The summed E-state index contributed by atoms with van der Waals surface area (Å²) in [7, 11) is 0. The summed E-state index contributed by atoms with van der Waals surface area (Å²) in [6.45, 7) is 3.59. The van der Waals surface area contributed by atoms with Gasteiger partial charge in [0.25, 0.3) is 5.56 Å². The fourth-order valence-corrected chi connectivity index (χ4v) is 1.61. The molecular formula is C12H22N4O. The van der Waals surface area contributed by atoms with Gasteiger partial charge in [-0.3, -0.25) is 4.79 Å². The minimum atomic E-state index is -0.0949. The van der Waals surface area contributed by atoms with Crippen LogP contribution in [0, 0.1) is 0 Å². The lowest BCUT2D eigenvalue weighted by Crippen LogP contribution is -2.13. The van der Waals surface area contributed by atoms with Crippen LogP contribution in [0.15, 0.2) is 10.9 Å². The number of aromatic amines is 1. The number of nitrogens with two attached hydrogens (primary N) is 1. The van der Waals surface area contributed by atoms with Crippen LogP contribution >= 0.6 is 0 Å². The van der Waals surface area contributed by atoms with E-state index < -0.39 is 0 Å². The fraction of sp³-hybridized carbons (Fsp3) is 0.667. The lowest BCUT2D eigenvalue weighted by molar-refractivity contribution is 0.660. The summed E-state index contributed by atoms with van der Waals surface area (Å²) in [5.41, 5.74) is 5.32. The number of hydrogen-bond acceptors (Lipinski definition) is 4. The molecular weight excluding hydrogens is 216 g/mol. The summed E-state index contributed by atoms with van der Waals surface area (Å²) in [4.78, 5) is 18.3. The molecule has 0 spiro atoms. The monoisotopic (exact) mass is 238 g/mol. The normalized spacial score (nSPS) is 10.5. The van der Waals surface area contributed by atoms with Crippen molar-refractivity contribution in [3.05, 3.63) is 22.2 Å². The first kappa shape index (κ1) is 13.7. The first-order valence-corrected chi connectivity index (χ1v) is 6.30. The lowest BCUT2D eigenvalue weighted by Gasteiger charge is -2.06. The zero-order valence-electron chi connectivity index (χ0n) is 10.5. The number of nitrogens with one attached hydrogen (secondary N) is 2. The minimum absolute atomic E-state index is 0.0949. The molecule has 0 aliphatic heterocycles. The summed E-state index contributed by atoms with van der Waals surface area (Å²) in [6.07, 6.45) is 5.23. The third-order valence-electron chi connectivity index (χ3n) is 2.56. The second kappa shape index (κ2) is 7.84. The SMILES string of the molecule is CCc1nc(NCCCCCCN)cc(=O)[nH]1. The predicted molar refractivity (Wildman–Crippen MR) is 70.2 cm³/mol. The first-order chi connectivity index (χ1) is 8.26. The second-order valence-corrected chi connectivity index (χ2v) is 4.06. The molecule has 5 heteroatoms. The molecule has 1 aromatic rings. The number of hydrogen-bond donors (Lipinski definition) is 3. The average Bonchev–Trinajstić information content (AvgIpc) is 2.33. The van der Waals surface area contributed by atoms with Gasteiger partial charge >= 0.3 is 0 Å². The van der Waals surface area contributed by atoms with Crippen molar-refractivity contribution in [3.8, 4) is 0 Å². The van der Waals surface area contributed by atoms with Crippen molar-refractivity contribution >= 4 is 5.82 Å². The van der Waals surface area contributed by atoms with Gasteiger partial charge in [-0.25, -0.2) is 4.98 Å². The Kier molecular flexibility index (Phi) is 6.32. The van der Waals surface area contributed by atoms with Crippen molar-refractivity contribution in [1.82, 2.24) is 9.97 Å². The summed E-state index contributed by atoms with van der Waals surface area (Å²) >= 11 is 0. The van der Waals surface area contributed by atoms with Crippen LogP contribution in [0.3, 0.4) is 0 Å². The maximum Gasteiger partial charge on any atom is 0.252 e. The van der Waals surface area contributed by atoms with Crippen molar-refractivity contribution in [3.63, 3.8) is 0 Å². The van der Waals surface area contributed by atoms with Crippen molar-refractivity contribution < 1.29 is 0 Å². The molecule has 0 unspecified atom stereocenters. The topological polar surface area (TPSA) is 83.8 Å². The molecule has 5 nitrogen and oxygen atoms in total. The van der Waals surface area contributed by atoms with E-state index in [4.69, 9.17) is 5.73 Å². The van der Waals surface area contributed by atoms with Gasteiger partial charge in [-0.15, -0.1) is 0 Å². The summed E-state index contributed by atoms with van der Waals surface area (Å²) in [5.74, 6) is 1.40. The second-order valence-electron chi connectivity index (χ2n) is 4.06. The molecule has 1 aromatic heterocycles. The van der Waals surface area contributed by atoms with E-state index in [1.807, 2.05) is 6.92 Å². The highest BCUT2D eigenvalue weighted by Crippen LogP contribution is 2.02. The Morgan fingerprint density at radius 1 is 1.35 bits per heavy atom. The number of nitrogens with zero attached hydrogens (tertiary/aromatic N) is 1. The van der Waals surface area contributed by atoms with Gasteiger partial charge < -0.3 is 16.0 Å². The van der Waals surface area contributed by atoms with Crippen molar-refractivity contribution in [2.75, 3.05) is 18.4 Å². The van der Waals surface area contributed by atoms with E-state index >= 15 is 0 Å². The van der Waals surface area contributed by atoms with Crippen LogP contribution in [0.25, 0.3) is 0 Å². The lowest BCUT2D eigenvalue weighted by atomic mass is 10.2. The van der Waals surface area contributed by atoms with E-state index in [2.05, 4.69) is 15.3 Å². The molecule has 17 heavy (non-hydrogen) atoms. The molecule has 0 saturated carbocycles. The smallest absolute Gasteiger partial charge is 0.252 e. The number of H-pyrrole nitrogens is 1. The van der Waals surface area contributed by atoms with Crippen molar-refractivity contribution in [1.29, 1.82) is 0 Å². The molecule has 0 amide bonds. The van der Waals surface area contributed by atoms with Crippen LogP contribution in [0.4, 0.5) is 5.82 Å². The van der Waals surface area contributed by atoms with E-state index in [9.17, 15) is 4.79 Å². The minimum Gasteiger partial charge on any atom is -0.370 e. The molecule has 1 heterocycles. The molecule has 0 atom stereocenters. The quantitative estimate of drug-likeness (QED) is 0.595. The third kappa shape index (κ3) is 5.49. The Morgan fingerprint density at radius 2 is 2.12 bits per heavy atom. The van der Waals surface area contributed by atoms with Gasteiger partial charge in [-0.05, 0) is 19.4 Å². The van der Waals surface area contributed by atoms with Gasteiger partial charge in [0.2, 0.25) is 0 Å². The molecule has 4 N–H and O–H groups in total. The van der Waals surface area contributed by atoms with Gasteiger partial charge in [0.15, 0.2) is 0 Å². The van der Waals surface area contributed by atoms with Gasteiger partial charge in [0.05, 0.1) is 0 Å². The molecule has 0 saturated heterocycles. The van der Waals surface area contributed by atoms with Gasteiger partial charge in [-0.1, -0.05) is 19.8 Å². The number of rotatable bonds is 8. The van der Waals surface area contributed by atoms with Gasteiger partial charge in [-0.2, -0.15) is 0 Å². The Bertz CT molecular complexity index is 375. The van der Waals surface area contributed by atoms with E-state index in [-0.39, 0.29) is 5.56 Å². The zero-order valence-corrected chi connectivity index (χ0v) is 10.5. The van der Waals surface area contributed by atoms with Crippen LogP contribution < -0.4 is 16.6 Å². The highest BCUT2D eigenvalue weighted by atomic mass is 16.1. The Morgan fingerprint density at radius 3 is 2.82 bits per heavy atom. The zero-order chi connectivity index (χ0) is 12.5. The fourth-order valence-electron chi connectivity index (χ4n) is 1.61. The number of unbranched alkanes of at least 4 members (excludes halogenated alkanes) is 3. The highest BCUT2D eigenvalue weighted by molar-refractivity contribution is 5.32. The molecule has 0 radical (unpaired) electrons. The Balaban J connectivity index is 2.31. The average molecular weight is 238 g/mol.